The molecule has 0 spiro atoms. The Balaban J connectivity index is 1.70. The topological polar surface area (TPSA) is 77.9 Å². The minimum absolute atomic E-state index is 0.0715. The number of carboxylic acid groups (broad SMARTS) is 1. The van der Waals surface area contributed by atoms with Crippen LogP contribution in [0.3, 0.4) is 0 Å². The van der Waals surface area contributed by atoms with Gasteiger partial charge in [0, 0.05) is 35.6 Å². The molecule has 190 valence electrons. The highest BCUT2D eigenvalue weighted by molar-refractivity contribution is 5.86. The molecule has 3 heterocycles. The number of rotatable bonds is 6. The van der Waals surface area contributed by atoms with Crippen molar-refractivity contribution in [3.05, 3.63) is 71.7 Å². The van der Waals surface area contributed by atoms with Crippen LogP contribution in [0.1, 0.15) is 43.7 Å². The van der Waals surface area contributed by atoms with Gasteiger partial charge in [-0.2, -0.15) is 0 Å². The van der Waals surface area contributed by atoms with Crippen molar-refractivity contribution in [3.8, 4) is 0 Å². The lowest BCUT2D eigenvalue weighted by Crippen LogP contribution is -2.56. The maximum absolute atomic E-state index is 16.1. The zero-order chi connectivity index (χ0) is 25.7. The lowest BCUT2D eigenvalue weighted by Gasteiger charge is -2.51. The van der Waals surface area contributed by atoms with Crippen LogP contribution in [0.4, 0.5) is 13.2 Å². The summed E-state index contributed by atoms with van der Waals surface area (Å²) in [6.07, 6.45) is 10.1. The quantitative estimate of drug-likeness (QED) is 0.525. The lowest BCUT2D eigenvalue weighted by molar-refractivity contribution is -0.191. The fourth-order valence-corrected chi connectivity index (χ4v) is 5.69. The molecule has 0 fully saturated rings. The second kappa shape index (κ2) is 9.05. The molecule has 6 atom stereocenters. The number of alkyl halides is 2. The second-order valence-corrected chi connectivity index (χ2v) is 9.82. The predicted octanol–water partition coefficient (Wildman–Crippen LogP) is 5.36. The Morgan fingerprint density at radius 2 is 2.14 bits per heavy atom. The zero-order valence-electron chi connectivity index (χ0n) is 20.0. The Kier molecular flexibility index (Phi) is 6.16. The van der Waals surface area contributed by atoms with Crippen molar-refractivity contribution in [2.45, 2.75) is 50.0 Å². The molecule has 2 aliphatic heterocycles. The van der Waals surface area contributed by atoms with Crippen molar-refractivity contribution in [1.82, 2.24) is 9.88 Å². The molecule has 2 N–H and O–H groups in total. The summed E-state index contributed by atoms with van der Waals surface area (Å²) in [5, 5.41) is 10.0. The van der Waals surface area contributed by atoms with Gasteiger partial charge in [0.25, 0.3) is 0 Å². The molecule has 9 heteroatoms. The third-order valence-corrected chi connectivity index (χ3v) is 7.38. The average molecular weight is 500 g/mol. The Morgan fingerprint density at radius 3 is 2.81 bits per heavy atom. The first-order valence-electron chi connectivity index (χ1n) is 12.0. The third-order valence-electron chi connectivity index (χ3n) is 7.38. The molecule has 6 nitrogen and oxygen atoms in total. The van der Waals surface area contributed by atoms with E-state index in [2.05, 4.69) is 9.98 Å². The van der Waals surface area contributed by atoms with E-state index in [4.69, 9.17) is 4.74 Å². The number of H-pyrrole nitrogens is 1. The number of fused-ring (bicyclic) bond motifs is 3. The minimum atomic E-state index is -2.20. The van der Waals surface area contributed by atoms with Crippen LogP contribution in [0, 0.1) is 11.7 Å². The van der Waals surface area contributed by atoms with Gasteiger partial charge in [-0.3, -0.25) is 14.7 Å². The largest absolute Gasteiger partial charge is 0.481 e. The average Bonchev–Trinajstić information content (AvgIpc) is 3.20. The van der Waals surface area contributed by atoms with E-state index in [-0.39, 0.29) is 25.2 Å². The van der Waals surface area contributed by atoms with E-state index in [0.29, 0.717) is 16.5 Å². The molecule has 0 bridgehead atoms. The molecule has 0 saturated heterocycles. The molecule has 1 aromatic carbocycles. The number of allylic oxidation sites excluding steroid dienone is 3. The summed E-state index contributed by atoms with van der Waals surface area (Å²) in [7, 11) is 0. The monoisotopic (exact) mass is 499 g/mol. The van der Waals surface area contributed by atoms with Crippen molar-refractivity contribution >= 4 is 23.1 Å². The summed E-state index contributed by atoms with van der Waals surface area (Å²) in [5.41, 5.74) is -0.0267. The Labute approximate surface area is 206 Å². The van der Waals surface area contributed by atoms with Gasteiger partial charge in [-0.15, -0.1) is 0 Å². The highest BCUT2D eigenvalue weighted by Crippen LogP contribution is 2.53. The number of nitrogens with one attached hydrogen (secondary N) is 1. The van der Waals surface area contributed by atoms with Crippen molar-refractivity contribution in [2.24, 2.45) is 10.9 Å². The van der Waals surface area contributed by atoms with Crippen LogP contribution in [-0.4, -0.2) is 57.8 Å². The van der Waals surface area contributed by atoms with E-state index >= 15 is 8.78 Å². The number of hydrogen-bond donors (Lipinski definition) is 2. The van der Waals surface area contributed by atoms with Gasteiger partial charge in [-0.1, -0.05) is 31.2 Å². The first-order chi connectivity index (χ1) is 17.1. The van der Waals surface area contributed by atoms with Crippen LogP contribution in [-0.2, 0) is 9.53 Å². The van der Waals surface area contributed by atoms with Gasteiger partial charge in [0.15, 0.2) is 6.30 Å². The smallest absolute Gasteiger partial charge is 0.307 e. The molecule has 3 aliphatic rings. The molecule has 0 radical (unpaired) electrons. The third kappa shape index (κ3) is 4.10. The molecule has 1 aromatic heterocycles. The van der Waals surface area contributed by atoms with Crippen LogP contribution >= 0.6 is 0 Å². The van der Waals surface area contributed by atoms with E-state index in [1.807, 2.05) is 12.2 Å². The van der Waals surface area contributed by atoms with Crippen molar-refractivity contribution in [3.63, 3.8) is 0 Å². The summed E-state index contributed by atoms with van der Waals surface area (Å²) in [6, 6.07) is 3.56. The summed E-state index contributed by atoms with van der Waals surface area (Å²) in [5.74, 6) is -5.24. The lowest BCUT2D eigenvalue weighted by atomic mass is 9.70. The van der Waals surface area contributed by atoms with Crippen LogP contribution in [0.15, 0.2) is 59.6 Å². The SMILES string of the molecule is CC(CN1C(F)c2[nH]c3ccc(F)cc3c2C(C2(OC3(F)C=CC=NC3)C=CC=CC2)C1C)C(=O)O. The van der Waals surface area contributed by atoms with Crippen molar-refractivity contribution in [2.75, 3.05) is 13.1 Å². The van der Waals surface area contributed by atoms with Crippen molar-refractivity contribution in [1.29, 1.82) is 0 Å². The van der Waals surface area contributed by atoms with Crippen LogP contribution in [0.25, 0.3) is 10.9 Å². The fourth-order valence-electron chi connectivity index (χ4n) is 5.69. The summed E-state index contributed by atoms with van der Waals surface area (Å²) >= 11 is 0. The zero-order valence-corrected chi connectivity index (χ0v) is 20.0. The number of aliphatic imine (C=N–C) groups is 1. The maximum atomic E-state index is 16.1. The summed E-state index contributed by atoms with van der Waals surface area (Å²) < 4.78 is 52.7. The Bertz CT molecular complexity index is 1300. The first kappa shape index (κ1) is 24.5. The van der Waals surface area contributed by atoms with Crippen LogP contribution in [0.2, 0.25) is 0 Å². The molecule has 36 heavy (non-hydrogen) atoms. The van der Waals surface area contributed by atoms with Gasteiger partial charge in [0.05, 0.1) is 11.6 Å². The van der Waals surface area contributed by atoms with E-state index in [1.54, 1.807) is 25.1 Å². The normalized spacial score (nSPS) is 32.6. The summed E-state index contributed by atoms with van der Waals surface area (Å²) in [4.78, 5) is 20.2. The predicted molar refractivity (Wildman–Crippen MR) is 131 cm³/mol. The molecule has 6 unspecified atom stereocenters. The number of halogens is 3. The first-order valence-corrected chi connectivity index (χ1v) is 12.0. The standard InChI is InChI=1S/C27H28F3N3O3/c1-16(25(34)35)14-33-17(2)22(21-19-13-18(28)7-8-20(19)32-23(21)24(33)29)26(9-4-3-5-10-26)36-27(30)11-6-12-31-15-27/h3-9,11-13,16-17,22,24,32H,10,14-15H2,1-2H3,(H,34,35). The minimum Gasteiger partial charge on any atom is -0.481 e. The number of aliphatic carboxylic acids is 1. The maximum Gasteiger partial charge on any atom is 0.307 e. The van der Waals surface area contributed by atoms with Crippen molar-refractivity contribution < 1.29 is 27.8 Å². The number of aromatic nitrogens is 1. The van der Waals surface area contributed by atoms with Crippen LogP contribution in [0.5, 0.6) is 0 Å². The van der Waals surface area contributed by atoms with Gasteiger partial charge in [0.1, 0.15) is 18.0 Å². The number of aromatic amines is 1. The Morgan fingerprint density at radius 1 is 1.33 bits per heavy atom. The molecule has 1 aliphatic carbocycles. The molecule has 0 saturated carbocycles. The van der Waals surface area contributed by atoms with Crippen LogP contribution < -0.4 is 0 Å². The van der Waals surface area contributed by atoms with Gasteiger partial charge in [-0.05, 0) is 49.3 Å². The number of benzene rings is 1. The number of nitrogens with zero attached hydrogens (tertiary/aromatic N) is 2. The van der Waals surface area contributed by atoms with Gasteiger partial charge in [0.2, 0.25) is 5.85 Å². The summed E-state index contributed by atoms with van der Waals surface area (Å²) in [6.45, 7) is 3.00. The van der Waals surface area contributed by atoms with E-state index in [1.165, 1.54) is 42.3 Å². The molecule has 5 rings (SSSR count). The number of carboxylic acids is 1. The highest BCUT2D eigenvalue weighted by Gasteiger charge is 2.54. The number of dihydropyridines is 1. The number of ether oxygens (including phenoxy) is 1. The molecular weight excluding hydrogens is 471 g/mol. The second-order valence-electron chi connectivity index (χ2n) is 9.82. The fraction of sp³-hybridized carbons (Fsp3) is 0.407. The van der Waals surface area contributed by atoms with E-state index in [9.17, 15) is 14.3 Å². The van der Waals surface area contributed by atoms with Gasteiger partial charge in [-0.25, -0.2) is 13.2 Å². The molecule has 0 amide bonds. The van der Waals surface area contributed by atoms with E-state index in [0.717, 1.165) is 0 Å². The Hall–Kier alpha value is -3.17. The highest BCUT2D eigenvalue weighted by atomic mass is 19.2. The van der Waals surface area contributed by atoms with Gasteiger partial charge < -0.3 is 14.8 Å². The molecule has 2 aromatic rings. The molecular formula is C27H28F3N3O3. The van der Waals surface area contributed by atoms with Gasteiger partial charge >= 0.3 is 5.97 Å². The number of carbonyl (C=O) groups is 1. The van der Waals surface area contributed by atoms with E-state index < -0.39 is 47.4 Å². The number of hydrogen-bond acceptors (Lipinski definition) is 4.